The Morgan fingerprint density at radius 1 is 0.676 bits per heavy atom. The van der Waals surface area contributed by atoms with Crippen LogP contribution in [0.4, 0.5) is 0 Å². The van der Waals surface area contributed by atoms with Crippen LogP contribution in [0.2, 0.25) is 0 Å². The zero-order chi connectivity index (χ0) is 27.9. The molecule has 0 fully saturated rings. The van der Waals surface area contributed by atoms with Crippen LogP contribution in [0, 0.1) is 0 Å². The molecule has 214 valence electrons. The molecule has 0 saturated heterocycles. The number of carbonyl (C=O) groups excluding carboxylic acids is 1. The van der Waals surface area contributed by atoms with Crippen molar-refractivity contribution < 1.29 is 4.79 Å². The van der Waals surface area contributed by atoms with Gasteiger partial charge in [0.1, 0.15) is 0 Å². The average molecular weight is 517 g/mol. The lowest BCUT2D eigenvalue weighted by atomic mass is 10.0. The van der Waals surface area contributed by atoms with E-state index >= 15 is 0 Å². The fourth-order valence-corrected chi connectivity index (χ4v) is 4.14. The van der Waals surface area contributed by atoms with E-state index in [2.05, 4.69) is 82.1 Å². The highest BCUT2D eigenvalue weighted by Gasteiger charge is 2.02. The molecule has 3 N–H and O–H groups in total. The molecule has 0 unspecified atom stereocenters. The van der Waals surface area contributed by atoms with Gasteiger partial charge >= 0.3 is 0 Å². The van der Waals surface area contributed by atoms with Crippen LogP contribution in [0.5, 0.6) is 0 Å². The minimum Gasteiger partial charge on any atom is -0.353 e. The zero-order valence-corrected chi connectivity index (χ0v) is 25.5. The molecule has 1 amide bonds. The van der Waals surface area contributed by atoms with Crippen LogP contribution in [0.1, 0.15) is 98.8 Å². The molecule has 0 aliphatic heterocycles. The SMILES string of the molecule is CC(C)=CCCC(C)=CCCC(C)=CCCC(C)=CC(=O)NCCCN(C)CCCCN(C)CCCN. The van der Waals surface area contributed by atoms with Gasteiger partial charge in [-0.3, -0.25) is 4.79 Å². The van der Waals surface area contributed by atoms with Crippen molar-refractivity contribution in [3.63, 3.8) is 0 Å². The number of hydrogen-bond donors (Lipinski definition) is 2. The molecular formula is C32H60N4O. The normalized spacial score (nSPS) is 13.0. The van der Waals surface area contributed by atoms with Crippen LogP contribution >= 0.6 is 0 Å². The highest BCUT2D eigenvalue weighted by molar-refractivity contribution is 5.88. The van der Waals surface area contributed by atoms with Crippen LogP contribution in [0.15, 0.2) is 46.6 Å². The first kappa shape index (κ1) is 35.3. The molecule has 5 nitrogen and oxygen atoms in total. The van der Waals surface area contributed by atoms with Crippen LogP contribution in [-0.2, 0) is 4.79 Å². The minimum absolute atomic E-state index is 0.0371. The van der Waals surface area contributed by atoms with Crippen molar-refractivity contribution >= 4 is 5.91 Å². The van der Waals surface area contributed by atoms with E-state index in [-0.39, 0.29) is 5.91 Å². The smallest absolute Gasteiger partial charge is 0.243 e. The molecule has 0 bridgehead atoms. The van der Waals surface area contributed by atoms with Crippen LogP contribution in [-0.4, -0.2) is 69.1 Å². The van der Waals surface area contributed by atoms with Gasteiger partial charge in [0.2, 0.25) is 5.91 Å². The summed E-state index contributed by atoms with van der Waals surface area (Å²) in [5.74, 6) is 0.0371. The maximum atomic E-state index is 12.2. The molecule has 0 heterocycles. The van der Waals surface area contributed by atoms with Gasteiger partial charge in [-0.05, 0) is 146 Å². The first-order chi connectivity index (χ1) is 17.6. The van der Waals surface area contributed by atoms with E-state index in [1.165, 1.54) is 29.6 Å². The monoisotopic (exact) mass is 516 g/mol. The van der Waals surface area contributed by atoms with Crippen LogP contribution < -0.4 is 11.1 Å². The summed E-state index contributed by atoms with van der Waals surface area (Å²) in [5.41, 5.74) is 11.0. The summed E-state index contributed by atoms with van der Waals surface area (Å²) >= 11 is 0. The van der Waals surface area contributed by atoms with Gasteiger partial charge in [-0.25, -0.2) is 0 Å². The van der Waals surface area contributed by atoms with Crippen molar-refractivity contribution in [3.8, 4) is 0 Å². The van der Waals surface area contributed by atoms with Gasteiger partial charge in [-0.15, -0.1) is 0 Å². The molecule has 0 aromatic rings. The summed E-state index contributed by atoms with van der Waals surface area (Å²) in [4.78, 5) is 17.0. The van der Waals surface area contributed by atoms with E-state index in [4.69, 9.17) is 5.73 Å². The molecule has 0 aromatic heterocycles. The van der Waals surface area contributed by atoms with E-state index in [9.17, 15) is 4.79 Å². The molecular weight excluding hydrogens is 456 g/mol. The third-order valence-electron chi connectivity index (χ3n) is 6.62. The Morgan fingerprint density at radius 3 is 1.65 bits per heavy atom. The Kier molecular flexibility index (Phi) is 22.4. The maximum absolute atomic E-state index is 12.2. The van der Waals surface area contributed by atoms with Gasteiger partial charge in [0, 0.05) is 12.6 Å². The number of nitrogens with two attached hydrogens (primary N) is 1. The van der Waals surface area contributed by atoms with E-state index in [1.54, 1.807) is 6.08 Å². The lowest BCUT2D eigenvalue weighted by molar-refractivity contribution is -0.116. The first-order valence-corrected chi connectivity index (χ1v) is 14.6. The van der Waals surface area contributed by atoms with Crippen molar-refractivity contribution in [1.82, 2.24) is 15.1 Å². The minimum atomic E-state index is 0.0371. The standard InChI is InChI=1S/C32H60N4O/c1-28(2)15-10-16-29(3)17-11-18-30(4)19-12-20-31(5)27-32(37)34-22-14-26-36(7)24-9-8-23-35(6)25-13-21-33/h15,17,19,27H,8-14,16,18,20-26,33H2,1-7H3,(H,34,37). The third kappa shape index (κ3) is 24.4. The second-order valence-electron chi connectivity index (χ2n) is 11.1. The van der Waals surface area contributed by atoms with E-state index in [0.29, 0.717) is 0 Å². The van der Waals surface area contributed by atoms with Gasteiger partial charge < -0.3 is 20.9 Å². The summed E-state index contributed by atoms with van der Waals surface area (Å²) in [6.45, 7) is 16.7. The van der Waals surface area contributed by atoms with Gasteiger partial charge in [0.05, 0.1) is 0 Å². The summed E-state index contributed by atoms with van der Waals surface area (Å²) in [6, 6.07) is 0. The van der Waals surface area contributed by atoms with Gasteiger partial charge in [0.25, 0.3) is 0 Å². The quantitative estimate of drug-likeness (QED) is 0.0963. The molecule has 0 radical (unpaired) electrons. The van der Waals surface area contributed by atoms with Crippen LogP contribution in [0.3, 0.4) is 0 Å². The van der Waals surface area contributed by atoms with Crippen molar-refractivity contribution in [2.24, 2.45) is 5.73 Å². The summed E-state index contributed by atoms with van der Waals surface area (Å²) < 4.78 is 0. The largest absolute Gasteiger partial charge is 0.353 e. The highest BCUT2D eigenvalue weighted by Crippen LogP contribution is 2.13. The molecule has 37 heavy (non-hydrogen) atoms. The molecule has 0 aliphatic rings. The number of nitrogens with one attached hydrogen (secondary N) is 1. The van der Waals surface area contributed by atoms with Crippen molar-refractivity contribution in [1.29, 1.82) is 0 Å². The maximum Gasteiger partial charge on any atom is 0.243 e. The van der Waals surface area contributed by atoms with Crippen molar-refractivity contribution in [3.05, 3.63) is 46.6 Å². The van der Waals surface area contributed by atoms with Gasteiger partial charge in [0.15, 0.2) is 0 Å². The number of hydrogen-bond acceptors (Lipinski definition) is 4. The molecule has 0 spiro atoms. The first-order valence-electron chi connectivity index (χ1n) is 14.6. The predicted octanol–water partition coefficient (Wildman–Crippen LogP) is 6.63. The molecule has 0 rings (SSSR count). The topological polar surface area (TPSA) is 61.6 Å². The second kappa shape index (κ2) is 23.4. The predicted molar refractivity (Wildman–Crippen MR) is 164 cm³/mol. The summed E-state index contributed by atoms with van der Waals surface area (Å²) in [5, 5.41) is 3.04. The summed E-state index contributed by atoms with van der Waals surface area (Å²) in [7, 11) is 4.34. The number of carbonyl (C=O) groups is 1. The summed E-state index contributed by atoms with van der Waals surface area (Å²) in [6.07, 6.45) is 19.7. The van der Waals surface area contributed by atoms with E-state index in [0.717, 1.165) is 96.2 Å². The van der Waals surface area contributed by atoms with E-state index < -0.39 is 0 Å². The zero-order valence-electron chi connectivity index (χ0n) is 25.5. The fourth-order valence-electron chi connectivity index (χ4n) is 4.14. The van der Waals surface area contributed by atoms with Crippen molar-refractivity contribution in [2.75, 3.05) is 53.4 Å². The second-order valence-corrected chi connectivity index (χ2v) is 11.1. The number of nitrogens with zero attached hydrogens (tertiary/aromatic N) is 2. The Bertz CT molecular complexity index is 716. The van der Waals surface area contributed by atoms with Gasteiger partial charge in [-0.2, -0.15) is 0 Å². The van der Waals surface area contributed by atoms with Gasteiger partial charge in [-0.1, -0.05) is 40.5 Å². The molecule has 0 saturated carbocycles. The van der Waals surface area contributed by atoms with Crippen LogP contribution in [0.25, 0.3) is 0 Å². The Balaban J connectivity index is 3.96. The third-order valence-corrected chi connectivity index (χ3v) is 6.62. The average Bonchev–Trinajstić information content (AvgIpc) is 2.83. The Hall–Kier alpha value is -1.69. The van der Waals surface area contributed by atoms with E-state index in [1.807, 2.05) is 0 Å². The Labute approximate surface area is 230 Å². The number of amides is 1. The number of rotatable bonds is 22. The molecule has 0 atom stereocenters. The number of unbranched alkanes of at least 4 members (excludes halogenated alkanes) is 1. The molecule has 0 aromatic carbocycles. The fraction of sp³-hybridized carbons (Fsp3) is 0.719. The van der Waals surface area contributed by atoms with Crippen molar-refractivity contribution in [2.45, 2.75) is 98.8 Å². The lowest BCUT2D eigenvalue weighted by Crippen LogP contribution is -2.28. The molecule has 5 heteroatoms. The highest BCUT2D eigenvalue weighted by atomic mass is 16.1. The Morgan fingerprint density at radius 2 is 1.14 bits per heavy atom. The lowest BCUT2D eigenvalue weighted by Gasteiger charge is -2.19. The number of allylic oxidation sites excluding steroid dienone is 7. The molecule has 0 aliphatic carbocycles.